The Kier molecular flexibility index (Phi) is 6.53. The van der Waals surface area contributed by atoms with Gasteiger partial charge in [0.1, 0.15) is 0 Å². The molecule has 25 heavy (non-hydrogen) atoms. The average Bonchev–Trinajstić information content (AvgIpc) is 2.57. The first kappa shape index (κ1) is 18.9. The van der Waals surface area contributed by atoms with Crippen LogP contribution in [0.4, 0.5) is 5.69 Å². The first-order chi connectivity index (χ1) is 11.8. The Hall–Kier alpha value is -2.40. The molecule has 5 heteroatoms. The molecule has 0 saturated carbocycles. The topological polar surface area (TPSA) is 53.2 Å². The second kappa shape index (κ2) is 8.62. The van der Waals surface area contributed by atoms with Crippen LogP contribution in [0.15, 0.2) is 42.5 Å². The van der Waals surface area contributed by atoms with Gasteiger partial charge in [-0.1, -0.05) is 44.2 Å². The van der Waals surface area contributed by atoms with E-state index in [1.54, 1.807) is 0 Å². The van der Waals surface area contributed by atoms with Gasteiger partial charge in [-0.2, -0.15) is 0 Å². The smallest absolute Gasteiger partial charge is 0.242 e. The number of anilines is 1. The monoisotopic (exact) mass is 355 g/mol. The molecule has 4 nitrogen and oxygen atoms in total. The Morgan fingerprint density at radius 1 is 1.00 bits per heavy atom. The van der Waals surface area contributed by atoms with E-state index in [0.717, 1.165) is 11.3 Å². The van der Waals surface area contributed by atoms with Crippen molar-refractivity contribution < 1.29 is 4.79 Å². The van der Waals surface area contributed by atoms with Crippen LogP contribution in [0.1, 0.15) is 42.0 Å². The number of thiocarbonyl (C=S) groups is 1. The van der Waals surface area contributed by atoms with E-state index < -0.39 is 0 Å². The highest BCUT2D eigenvalue weighted by Crippen LogP contribution is 2.17. The van der Waals surface area contributed by atoms with Crippen LogP contribution in [0.2, 0.25) is 0 Å². The predicted octanol–water partition coefficient (Wildman–Crippen LogP) is 3.99. The Labute approximate surface area is 155 Å². The van der Waals surface area contributed by atoms with E-state index in [-0.39, 0.29) is 5.91 Å². The summed E-state index contributed by atoms with van der Waals surface area (Å²) in [6.45, 7) is 8.40. The zero-order valence-corrected chi connectivity index (χ0v) is 16.0. The summed E-state index contributed by atoms with van der Waals surface area (Å²) in [4.78, 5) is 12.0. The standard InChI is InChI=1S/C20H25N3OS/c1-13(2)17-7-9-18(10-8-17)21-20(25)23-22-19(24)12-16-6-5-14(3)15(4)11-16/h5-11,13H,12H2,1-4H3,(H,22,24)(H2,21,23,25). The summed E-state index contributed by atoms with van der Waals surface area (Å²) in [6, 6.07) is 14.1. The molecule has 2 aromatic carbocycles. The number of hydrogen-bond donors (Lipinski definition) is 3. The maximum Gasteiger partial charge on any atom is 0.242 e. The quantitative estimate of drug-likeness (QED) is 0.573. The molecule has 0 aromatic heterocycles. The van der Waals surface area contributed by atoms with Crippen molar-refractivity contribution in [2.24, 2.45) is 0 Å². The molecule has 0 atom stereocenters. The first-order valence-electron chi connectivity index (χ1n) is 8.37. The molecule has 0 fully saturated rings. The van der Waals surface area contributed by atoms with Crippen molar-refractivity contribution in [2.75, 3.05) is 5.32 Å². The summed E-state index contributed by atoms with van der Waals surface area (Å²) in [5.74, 6) is 0.353. The fourth-order valence-corrected chi connectivity index (χ4v) is 2.55. The van der Waals surface area contributed by atoms with E-state index in [1.165, 1.54) is 16.7 Å². The molecule has 0 bridgehead atoms. The summed E-state index contributed by atoms with van der Waals surface area (Å²) in [7, 11) is 0. The van der Waals surface area contributed by atoms with Crippen molar-refractivity contribution in [3.63, 3.8) is 0 Å². The van der Waals surface area contributed by atoms with E-state index in [4.69, 9.17) is 12.2 Å². The first-order valence-corrected chi connectivity index (χ1v) is 8.78. The van der Waals surface area contributed by atoms with Gasteiger partial charge in [0, 0.05) is 5.69 Å². The molecule has 0 aliphatic carbocycles. The molecule has 0 heterocycles. The molecular formula is C20H25N3OS. The van der Waals surface area contributed by atoms with Gasteiger partial charge in [0.2, 0.25) is 5.91 Å². The van der Waals surface area contributed by atoms with Crippen molar-refractivity contribution in [2.45, 2.75) is 40.0 Å². The van der Waals surface area contributed by atoms with Crippen LogP contribution in [0.5, 0.6) is 0 Å². The highest BCUT2D eigenvalue weighted by atomic mass is 32.1. The second-order valence-corrected chi connectivity index (χ2v) is 6.91. The minimum Gasteiger partial charge on any atom is -0.331 e. The van der Waals surface area contributed by atoms with Crippen LogP contribution in [0, 0.1) is 13.8 Å². The lowest BCUT2D eigenvalue weighted by atomic mass is 10.0. The third-order valence-corrected chi connectivity index (χ3v) is 4.29. The van der Waals surface area contributed by atoms with Gasteiger partial charge in [-0.3, -0.25) is 15.6 Å². The van der Waals surface area contributed by atoms with E-state index in [0.29, 0.717) is 17.5 Å². The fraction of sp³-hybridized carbons (Fsp3) is 0.300. The highest BCUT2D eigenvalue weighted by Gasteiger charge is 2.06. The number of rotatable bonds is 4. The van der Waals surface area contributed by atoms with Crippen molar-refractivity contribution >= 4 is 28.9 Å². The molecule has 132 valence electrons. The van der Waals surface area contributed by atoms with Gasteiger partial charge in [-0.25, -0.2) is 0 Å². The molecule has 0 aliphatic heterocycles. The summed E-state index contributed by atoms with van der Waals surface area (Å²) >= 11 is 5.20. The Morgan fingerprint density at radius 3 is 2.28 bits per heavy atom. The Balaban J connectivity index is 1.80. The number of hydrogen-bond acceptors (Lipinski definition) is 2. The lowest BCUT2D eigenvalue weighted by Gasteiger charge is -2.13. The van der Waals surface area contributed by atoms with Crippen LogP contribution in [0.25, 0.3) is 0 Å². The molecule has 2 rings (SSSR count). The van der Waals surface area contributed by atoms with E-state index in [1.807, 2.05) is 37.3 Å². The SMILES string of the molecule is Cc1ccc(CC(=O)NNC(=S)Nc2ccc(C(C)C)cc2)cc1C. The van der Waals surface area contributed by atoms with Crippen LogP contribution in [-0.2, 0) is 11.2 Å². The maximum absolute atomic E-state index is 12.0. The van der Waals surface area contributed by atoms with Gasteiger partial charge in [-0.15, -0.1) is 0 Å². The van der Waals surface area contributed by atoms with Gasteiger partial charge >= 0.3 is 0 Å². The second-order valence-electron chi connectivity index (χ2n) is 6.50. The number of benzene rings is 2. The average molecular weight is 356 g/mol. The number of carbonyl (C=O) groups excluding carboxylic acids is 1. The summed E-state index contributed by atoms with van der Waals surface area (Å²) < 4.78 is 0. The minimum absolute atomic E-state index is 0.137. The lowest BCUT2D eigenvalue weighted by Crippen LogP contribution is -2.44. The maximum atomic E-state index is 12.0. The Bertz CT molecular complexity index is 754. The fourth-order valence-electron chi connectivity index (χ4n) is 2.38. The summed E-state index contributed by atoms with van der Waals surface area (Å²) in [5, 5.41) is 3.40. The van der Waals surface area contributed by atoms with Gasteiger partial charge in [-0.05, 0) is 66.4 Å². The van der Waals surface area contributed by atoms with Gasteiger partial charge < -0.3 is 5.32 Å². The molecule has 2 aromatic rings. The molecule has 0 spiro atoms. The van der Waals surface area contributed by atoms with Gasteiger partial charge in [0.15, 0.2) is 5.11 Å². The number of amides is 1. The van der Waals surface area contributed by atoms with Crippen LogP contribution in [-0.4, -0.2) is 11.0 Å². The highest BCUT2D eigenvalue weighted by molar-refractivity contribution is 7.80. The minimum atomic E-state index is -0.137. The molecule has 3 N–H and O–H groups in total. The van der Waals surface area contributed by atoms with E-state index in [9.17, 15) is 4.79 Å². The molecular weight excluding hydrogens is 330 g/mol. The molecule has 1 amide bonds. The predicted molar refractivity (Wildman–Crippen MR) is 108 cm³/mol. The molecule has 0 radical (unpaired) electrons. The molecule has 0 aliphatic rings. The number of nitrogens with one attached hydrogen (secondary N) is 3. The lowest BCUT2D eigenvalue weighted by molar-refractivity contribution is -0.120. The summed E-state index contributed by atoms with van der Waals surface area (Å²) in [5.41, 5.74) is 10.9. The van der Waals surface area contributed by atoms with Crippen LogP contribution >= 0.6 is 12.2 Å². The molecule has 0 saturated heterocycles. The van der Waals surface area contributed by atoms with Crippen molar-refractivity contribution in [3.8, 4) is 0 Å². The summed E-state index contributed by atoms with van der Waals surface area (Å²) in [6.07, 6.45) is 0.305. The third kappa shape index (κ3) is 5.87. The van der Waals surface area contributed by atoms with E-state index >= 15 is 0 Å². The normalized spacial score (nSPS) is 10.4. The van der Waals surface area contributed by atoms with E-state index in [2.05, 4.69) is 49.1 Å². The van der Waals surface area contributed by atoms with Crippen LogP contribution in [0.3, 0.4) is 0 Å². The van der Waals surface area contributed by atoms with Crippen molar-refractivity contribution in [1.29, 1.82) is 0 Å². The number of aryl methyl sites for hydroxylation is 2. The zero-order chi connectivity index (χ0) is 18.4. The number of hydrazine groups is 1. The number of carbonyl (C=O) groups is 1. The van der Waals surface area contributed by atoms with Crippen molar-refractivity contribution in [3.05, 3.63) is 64.7 Å². The van der Waals surface area contributed by atoms with Gasteiger partial charge in [0.25, 0.3) is 0 Å². The van der Waals surface area contributed by atoms with Gasteiger partial charge in [0.05, 0.1) is 6.42 Å². The Morgan fingerprint density at radius 2 is 1.68 bits per heavy atom. The molecule has 0 unspecified atom stereocenters. The van der Waals surface area contributed by atoms with Crippen molar-refractivity contribution in [1.82, 2.24) is 10.9 Å². The largest absolute Gasteiger partial charge is 0.331 e. The zero-order valence-electron chi connectivity index (χ0n) is 15.1. The third-order valence-electron chi connectivity index (χ3n) is 4.09. The van der Waals surface area contributed by atoms with Crippen LogP contribution < -0.4 is 16.2 Å².